The highest BCUT2D eigenvalue weighted by molar-refractivity contribution is 7.89. The Morgan fingerprint density at radius 1 is 1.16 bits per heavy atom. The number of hydrogen-bond donors (Lipinski definition) is 1. The second-order valence-electron chi connectivity index (χ2n) is 7.54. The predicted octanol–water partition coefficient (Wildman–Crippen LogP) is 4.00. The number of non-ortho nitro benzene ring substituents is 1. The van der Waals surface area contributed by atoms with Crippen molar-refractivity contribution in [1.29, 1.82) is 0 Å². The second kappa shape index (κ2) is 9.44. The Morgan fingerprint density at radius 3 is 2.39 bits per heavy atom. The van der Waals surface area contributed by atoms with Crippen LogP contribution in [0.1, 0.15) is 38.7 Å². The van der Waals surface area contributed by atoms with Crippen LogP contribution in [0.2, 0.25) is 0 Å². The smallest absolute Gasteiger partial charge is 0.270 e. The number of anilines is 1. The molecule has 9 nitrogen and oxygen atoms in total. The molecule has 3 rings (SSSR count). The van der Waals surface area contributed by atoms with E-state index in [2.05, 4.69) is 10.5 Å². The first-order valence-electron chi connectivity index (χ1n) is 9.99. The third kappa shape index (κ3) is 5.02. The normalized spacial score (nSPS) is 20.0. The van der Waals surface area contributed by atoms with Gasteiger partial charge in [-0.15, -0.1) is 0 Å². The van der Waals surface area contributed by atoms with Gasteiger partial charge in [-0.1, -0.05) is 6.42 Å². The van der Waals surface area contributed by atoms with Crippen LogP contribution in [0, 0.1) is 10.1 Å². The molecular weight excluding hydrogens is 420 g/mol. The summed E-state index contributed by atoms with van der Waals surface area (Å²) in [6, 6.07) is 10.5. The maximum absolute atomic E-state index is 13.5. The number of hydrazone groups is 1. The molecule has 2 atom stereocenters. The molecule has 0 amide bonds. The lowest BCUT2D eigenvalue weighted by molar-refractivity contribution is -0.385. The zero-order chi connectivity index (χ0) is 22.6. The highest BCUT2D eigenvalue weighted by atomic mass is 32.2. The van der Waals surface area contributed by atoms with Gasteiger partial charge in [-0.05, 0) is 62.6 Å². The minimum absolute atomic E-state index is 0.158. The highest BCUT2D eigenvalue weighted by Crippen LogP contribution is 2.34. The Hall–Kier alpha value is -2.98. The van der Waals surface area contributed by atoms with Crippen molar-refractivity contribution in [2.24, 2.45) is 5.10 Å². The van der Waals surface area contributed by atoms with E-state index in [1.54, 1.807) is 31.4 Å². The first kappa shape index (κ1) is 22.7. The molecule has 1 fully saturated rings. The number of sulfonamides is 1. The van der Waals surface area contributed by atoms with Crippen molar-refractivity contribution in [3.63, 3.8) is 0 Å². The Morgan fingerprint density at radius 2 is 1.81 bits per heavy atom. The van der Waals surface area contributed by atoms with Crippen molar-refractivity contribution in [3.05, 3.63) is 58.1 Å². The zero-order valence-electron chi connectivity index (χ0n) is 17.7. The van der Waals surface area contributed by atoms with Gasteiger partial charge in [0.05, 0.1) is 23.9 Å². The lowest BCUT2D eigenvalue weighted by atomic mass is 10.0. The molecule has 0 bridgehead atoms. The second-order valence-corrected chi connectivity index (χ2v) is 9.36. The molecule has 0 aromatic heterocycles. The van der Waals surface area contributed by atoms with Crippen LogP contribution < -0.4 is 10.2 Å². The fourth-order valence-electron chi connectivity index (χ4n) is 3.78. The van der Waals surface area contributed by atoms with E-state index in [4.69, 9.17) is 4.74 Å². The van der Waals surface area contributed by atoms with E-state index in [0.29, 0.717) is 5.75 Å². The third-order valence-corrected chi connectivity index (χ3v) is 7.53. The quantitative estimate of drug-likeness (QED) is 0.391. The van der Waals surface area contributed by atoms with E-state index >= 15 is 0 Å². The molecule has 1 aliphatic heterocycles. The van der Waals surface area contributed by atoms with Crippen LogP contribution in [0.3, 0.4) is 0 Å². The average Bonchev–Trinajstić information content (AvgIpc) is 2.74. The van der Waals surface area contributed by atoms with Crippen molar-refractivity contribution in [1.82, 2.24) is 4.31 Å². The van der Waals surface area contributed by atoms with Gasteiger partial charge in [0.2, 0.25) is 10.0 Å². The van der Waals surface area contributed by atoms with Crippen LogP contribution in [-0.4, -0.2) is 43.1 Å². The van der Waals surface area contributed by atoms with Crippen LogP contribution in [0.4, 0.5) is 11.4 Å². The Balaban J connectivity index is 1.95. The summed E-state index contributed by atoms with van der Waals surface area (Å²) in [6.45, 7) is 3.72. The number of benzene rings is 2. The maximum Gasteiger partial charge on any atom is 0.270 e. The first-order chi connectivity index (χ1) is 14.7. The molecule has 31 heavy (non-hydrogen) atoms. The molecule has 0 saturated carbocycles. The van der Waals surface area contributed by atoms with Crippen molar-refractivity contribution < 1.29 is 18.1 Å². The summed E-state index contributed by atoms with van der Waals surface area (Å²) in [5.74, 6) is 0.707. The number of nitrogens with zero attached hydrogens (tertiary/aromatic N) is 3. The number of nitro benzene ring substituents is 1. The summed E-state index contributed by atoms with van der Waals surface area (Å²) in [7, 11) is -2.40. The van der Waals surface area contributed by atoms with Gasteiger partial charge in [-0.3, -0.25) is 15.5 Å². The van der Waals surface area contributed by atoms with Crippen molar-refractivity contribution in [3.8, 4) is 5.75 Å². The Kier molecular flexibility index (Phi) is 6.91. The van der Waals surface area contributed by atoms with Crippen LogP contribution in [0.15, 0.2) is 52.5 Å². The molecule has 0 spiro atoms. The molecular formula is C21H26N4O5S. The standard InChI is InChI=1S/C21H26N4O5S/c1-15-5-4-6-16(2)24(15)31(28,29)21-13-18(25(26)27)9-12-20(21)23-22-14-17-7-10-19(30-3)11-8-17/h7-16,23H,4-6H2,1-3H3/b22-14-/t15-,16-/m0/s1. The van der Waals surface area contributed by atoms with Crippen molar-refractivity contribution >= 4 is 27.6 Å². The molecule has 1 aliphatic rings. The number of nitrogens with one attached hydrogen (secondary N) is 1. The van der Waals surface area contributed by atoms with Crippen LogP contribution >= 0.6 is 0 Å². The van der Waals surface area contributed by atoms with Crippen LogP contribution in [0.5, 0.6) is 5.75 Å². The molecule has 10 heteroatoms. The van der Waals surface area contributed by atoms with E-state index in [1.807, 2.05) is 13.8 Å². The van der Waals surface area contributed by atoms with Gasteiger partial charge >= 0.3 is 0 Å². The van der Waals surface area contributed by atoms with E-state index in [9.17, 15) is 18.5 Å². The number of nitro groups is 1. The number of hydrogen-bond acceptors (Lipinski definition) is 7. The Labute approximate surface area is 181 Å². The summed E-state index contributed by atoms with van der Waals surface area (Å²) in [4.78, 5) is 10.5. The maximum atomic E-state index is 13.5. The van der Waals surface area contributed by atoms with Gasteiger partial charge < -0.3 is 4.74 Å². The summed E-state index contributed by atoms with van der Waals surface area (Å²) < 4.78 is 33.6. The SMILES string of the molecule is COc1ccc(/C=N\Nc2ccc([N+](=O)[O-])cc2S(=O)(=O)N2[C@@H](C)CCC[C@@H]2C)cc1. The fourth-order valence-corrected chi connectivity index (χ4v) is 5.83. The minimum Gasteiger partial charge on any atom is -0.497 e. The zero-order valence-corrected chi connectivity index (χ0v) is 18.5. The van der Waals surface area contributed by atoms with Gasteiger partial charge in [0.25, 0.3) is 5.69 Å². The monoisotopic (exact) mass is 446 g/mol. The topological polar surface area (TPSA) is 114 Å². The average molecular weight is 447 g/mol. The van der Waals surface area contributed by atoms with Crippen molar-refractivity contribution in [2.45, 2.75) is 50.1 Å². The first-order valence-corrected chi connectivity index (χ1v) is 11.4. The lowest BCUT2D eigenvalue weighted by Gasteiger charge is -2.37. The molecule has 0 unspecified atom stereocenters. The van der Waals surface area contributed by atoms with E-state index in [-0.39, 0.29) is 28.4 Å². The number of ether oxygens (including phenoxy) is 1. The molecule has 0 aliphatic carbocycles. The summed E-state index contributed by atoms with van der Waals surface area (Å²) in [5, 5.41) is 15.4. The number of methoxy groups -OCH3 is 1. The minimum atomic E-state index is -3.98. The predicted molar refractivity (Wildman–Crippen MR) is 119 cm³/mol. The summed E-state index contributed by atoms with van der Waals surface area (Å²) in [6.07, 6.45) is 3.97. The third-order valence-electron chi connectivity index (χ3n) is 5.36. The lowest BCUT2D eigenvalue weighted by Crippen LogP contribution is -2.47. The largest absolute Gasteiger partial charge is 0.497 e. The molecule has 166 valence electrons. The summed E-state index contributed by atoms with van der Waals surface area (Å²) in [5.41, 5.74) is 3.41. The van der Waals surface area contributed by atoms with E-state index in [1.165, 1.54) is 22.7 Å². The molecule has 1 N–H and O–H groups in total. The molecule has 2 aromatic rings. The number of piperidine rings is 1. The van der Waals surface area contributed by atoms with Crippen LogP contribution in [-0.2, 0) is 10.0 Å². The van der Waals surface area contributed by atoms with Crippen molar-refractivity contribution in [2.75, 3.05) is 12.5 Å². The highest BCUT2D eigenvalue weighted by Gasteiger charge is 2.37. The fraction of sp³-hybridized carbons (Fsp3) is 0.381. The number of rotatable bonds is 7. The van der Waals surface area contributed by atoms with Gasteiger partial charge in [-0.2, -0.15) is 9.41 Å². The van der Waals surface area contributed by atoms with Gasteiger partial charge in [0.1, 0.15) is 10.6 Å². The Bertz CT molecular complexity index is 1060. The molecule has 0 radical (unpaired) electrons. The van der Waals surface area contributed by atoms with Crippen LogP contribution in [0.25, 0.3) is 0 Å². The molecule has 1 heterocycles. The van der Waals surface area contributed by atoms with Gasteiger partial charge in [-0.25, -0.2) is 8.42 Å². The van der Waals surface area contributed by atoms with Gasteiger partial charge in [0.15, 0.2) is 0 Å². The van der Waals surface area contributed by atoms with E-state index in [0.717, 1.165) is 30.9 Å². The molecule has 2 aromatic carbocycles. The molecule has 1 saturated heterocycles. The van der Waals surface area contributed by atoms with Gasteiger partial charge in [0, 0.05) is 24.2 Å². The van der Waals surface area contributed by atoms with E-state index < -0.39 is 14.9 Å². The summed E-state index contributed by atoms with van der Waals surface area (Å²) >= 11 is 0.